The highest BCUT2D eigenvalue weighted by molar-refractivity contribution is 6.12. The van der Waals surface area contributed by atoms with Crippen LogP contribution in [-0.4, -0.2) is 15.6 Å². The molecule has 0 radical (unpaired) electrons. The number of fused-ring (bicyclic) bond motifs is 11. The van der Waals surface area contributed by atoms with Crippen LogP contribution in [0.15, 0.2) is 181 Å². The number of hydrogen-bond acceptors (Lipinski definition) is 2. The largest absolute Gasteiger partial charge is 0.417 e. The van der Waals surface area contributed by atoms with Gasteiger partial charge in [-0.1, -0.05) is 128 Å². The van der Waals surface area contributed by atoms with Crippen molar-refractivity contribution in [2.75, 3.05) is 4.90 Å². The smallest absolute Gasteiger partial charge is 0.338 e. The van der Waals surface area contributed by atoms with E-state index in [9.17, 15) is 26.3 Å². The first-order chi connectivity index (χ1) is 33.4. The van der Waals surface area contributed by atoms with Gasteiger partial charge in [-0.2, -0.15) is 26.3 Å². The third-order valence-electron chi connectivity index (χ3n) is 16.0. The summed E-state index contributed by atoms with van der Waals surface area (Å²) in [5, 5.41) is 4.42. The van der Waals surface area contributed by atoms with E-state index < -0.39 is 35.3 Å². The van der Waals surface area contributed by atoms with E-state index in [0.717, 1.165) is 93.1 Å². The molecule has 9 heteroatoms. The van der Waals surface area contributed by atoms with Gasteiger partial charge in [0.25, 0.3) is 0 Å². The van der Waals surface area contributed by atoms with E-state index in [1.54, 1.807) is 0 Å². The molecule has 2 aromatic heterocycles. The van der Waals surface area contributed by atoms with Crippen LogP contribution >= 0.6 is 0 Å². The molecule has 3 heterocycles. The molecule has 6 aromatic carbocycles. The molecule has 4 aliphatic carbocycles. The highest BCUT2D eigenvalue weighted by Gasteiger charge is 2.48. The van der Waals surface area contributed by atoms with Crippen LogP contribution in [0.2, 0.25) is 0 Å². The Morgan fingerprint density at radius 1 is 0.681 bits per heavy atom. The average molecular weight is 922 g/mol. The fraction of sp³-hybridized carbons (Fsp3) is 0.217. The van der Waals surface area contributed by atoms with Crippen molar-refractivity contribution in [3.63, 3.8) is 0 Å². The van der Waals surface area contributed by atoms with Gasteiger partial charge in [0, 0.05) is 63.1 Å². The number of para-hydroxylation sites is 1. The Morgan fingerprint density at radius 3 is 2.29 bits per heavy atom. The third kappa shape index (κ3) is 6.59. The third-order valence-corrected chi connectivity index (χ3v) is 16.0. The quantitative estimate of drug-likeness (QED) is 0.127. The summed E-state index contributed by atoms with van der Waals surface area (Å²) < 4.78 is 91.2. The molecule has 0 bridgehead atoms. The van der Waals surface area contributed by atoms with Gasteiger partial charge in [0.05, 0.1) is 34.4 Å². The minimum atomic E-state index is -4.73. The normalized spacial score (nSPS) is 23.1. The minimum Gasteiger partial charge on any atom is -0.338 e. The molecule has 7 unspecified atom stereocenters. The van der Waals surface area contributed by atoms with Crippen molar-refractivity contribution >= 4 is 44.3 Å². The number of allylic oxidation sites excluding steroid dienone is 6. The number of hydrogen-bond donors (Lipinski definition) is 0. The summed E-state index contributed by atoms with van der Waals surface area (Å²) in [5.74, 6) is -1.24. The highest BCUT2D eigenvalue weighted by Crippen LogP contribution is 2.58. The molecule has 0 saturated carbocycles. The van der Waals surface area contributed by atoms with Crippen molar-refractivity contribution in [1.29, 1.82) is 0 Å². The molecule has 7 atom stereocenters. The van der Waals surface area contributed by atoms with Crippen molar-refractivity contribution in [2.24, 2.45) is 17.8 Å². The number of anilines is 1. The summed E-state index contributed by atoms with van der Waals surface area (Å²) in [6.45, 7) is 2.15. The Bertz CT molecular complexity index is 3490. The van der Waals surface area contributed by atoms with Gasteiger partial charge in [-0.25, -0.2) is 0 Å². The molecule has 8 aromatic rings. The van der Waals surface area contributed by atoms with Crippen LogP contribution in [0.3, 0.4) is 0 Å². The average Bonchev–Trinajstić information content (AvgIpc) is 3.97. The predicted octanol–water partition coefficient (Wildman–Crippen LogP) is 16.0. The van der Waals surface area contributed by atoms with Crippen molar-refractivity contribution in [3.8, 4) is 11.3 Å². The van der Waals surface area contributed by atoms with Crippen LogP contribution in [0, 0.1) is 17.8 Å². The Morgan fingerprint density at radius 2 is 1.45 bits per heavy atom. The van der Waals surface area contributed by atoms with Crippen LogP contribution in [0.1, 0.15) is 76.6 Å². The van der Waals surface area contributed by atoms with Crippen molar-refractivity contribution in [2.45, 2.75) is 62.5 Å². The maximum absolute atomic E-state index is 14.8. The molecule has 0 spiro atoms. The van der Waals surface area contributed by atoms with Crippen molar-refractivity contribution in [1.82, 2.24) is 9.55 Å². The molecule has 342 valence electrons. The lowest BCUT2D eigenvalue weighted by atomic mass is 9.69. The number of rotatable bonds is 5. The van der Waals surface area contributed by atoms with Crippen molar-refractivity contribution < 1.29 is 26.3 Å². The fourth-order valence-electron chi connectivity index (χ4n) is 12.9. The lowest BCUT2D eigenvalue weighted by molar-refractivity contribution is -0.138. The first-order valence-corrected chi connectivity index (χ1v) is 23.8. The Kier molecular flexibility index (Phi) is 9.40. The van der Waals surface area contributed by atoms with Gasteiger partial charge in [0.2, 0.25) is 0 Å². The summed E-state index contributed by atoms with van der Waals surface area (Å²) in [5.41, 5.74) is 7.96. The van der Waals surface area contributed by atoms with Gasteiger partial charge in [-0.3, -0.25) is 4.98 Å². The summed E-state index contributed by atoms with van der Waals surface area (Å²) in [4.78, 5) is 6.88. The van der Waals surface area contributed by atoms with E-state index in [1.807, 2.05) is 42.5 Å². The first kappa shape index (κ1) is 42.0. The molecule has 1 saturated heterocycles. The summed E-state index contributed by atoms with van der Waals surface area (Å²) in [6, 6.07) is 42.4. The summed E-state index contributed by atoms with van der Waals surface area (Å²) in [7, 11) is 0. The number of alkyl halides is 6. The maximum atomic E-state index is 14.8. The van der Waals surface area contributed by atoms with E-state index in [-0.39, 0.29) is 29.3 Å². The van der Waals surface area contributed by atoms with Crippen LogP contribution in [0.5, 0.6) is 0 Å². The monoisotopic (exact) mass is 921 g/mol. The van der Waals surface area contributed by atoms with Gasteiger partial charge < -0.3 is 9.47 Å². The van der Waals surface area contributed by atoms with Gasteiger partial charge in [-0.05, 0) is 118 Å². The molecule has 1 aliphatic heterocycles. The minimum absolute atomic E-state index is 0.0883. The zero-order chi connectivity index (χ0) is 46.9. The Balaban J connectivity index is 1.03. The summed E-state index contributed by atoms with van der Waals surface area (Å²) in [6.07, 6.45) is 7.53. The van der Waals surface area contributed by atoms with Crippen LogP contribution in [-0.2, 0) is 18.8 Å². The van der Waals surface area contributed by atoms with Crippen LogP contribution < -0.4 is 4.90 Å². The van der Waals surface area contributed by atoms with Gasteiger partial charge in [0.1, 0.15) is 0 Å². The molecule has 0 N–H and O–H groups in total. The first-order valence-electron chi connectivity index (χ1n) is 23.8. The molecule has 1 fully saturated rings. The molecule has 69 heavy (non-hydrogen) atoms. The summed E-state index contributed by atoms with van der Waals surface area (Å²) >= 11 is 0. The van der Waals surface area contributed by atoms with E-state index in [1.165, 1.54) is 22.9 Å². The number of aromatic nitrogens is 2. The topological polar surface area (TPSA) is 21.1 Å². The molecule has 5 aliphatic rings. The predicted molar refractivity (Wildman–Crippen MR) is 263 cm³/mol. The van der Waals surface area contributed by atoms with Crippen molar-refractivity contribution in [3.05, 3.63) is 220 Å². The van der Waals surface area contributed by atoms with Crippen LogP contribution in [0.25, 0.3) is 49.9 Å². The van der Waals surface area contributed by atoms with E-state index in [0.29, 0.717) is 23.0 Å². The standard InChI is InChI=1S/C60H45F6N3/c1-34-43(20-11-23-51(34)69-53-22-9-7-19-45(53)48-28-36-13-3-5-15-38(36)30-55(48)69)56(57-49-31-40(59(61,62)63)24-25-46(49)58-50(57)32-41(33-67-58)60(64,65)66)39-16-10-17-42(26-39)68-52-21-8-6-18-44(52)47-27-35-12-2-4-14-37(35)29-54(47)68/h2-5,7-17,19-26,28-34,44,47,51-52,56-57H,6,18,27H2,1H3. The zero-order valence-corrected chi connectivity index (χ0v) is 37.5. The zero-order valence-electron chi connectivity index (χ0n) is 37.5. The Labute approximate surface area is 395 Å². The number of nitrogens with zero attached hydrogens (tertiary/aromatic N) is 3. The molecular weight excluding hydrogens is 877 g/mol. The molecule has 3 nitrogen and oxygen atoms in total. The lowest BCUT2D eigenvalue weighted by Gasteiger charge is -2.38. The number of benzene rings is 6. The van der Waals surface area contributed by atoms with E-state index >= 15 is 0 Å². The second-order valence-corrected chi connectivity index (χ2v) is 19.6. The molecular formula is C60H45F6N3. The SMILES string of the molecule is CC1C(C(c2cccc(N3C4=Cc5ccccc5CC4C4CCC=CC43)c2)C2c3cc(C(F)(F)F)ccc3-c3ncc(C(F)(F)F)cc32)=CC=CC1n1c2ccccc2c2cc3ccccc3cc21. The lowest BCUT2D eigenvalue weighted by Crippen LogP contribution is -2.32. The van der Waals surface area contributed by atoms with E-state index in [2.05, 4.69) is 125 Å². The van der Waals surface area contributed by atoms with Gasteiger partial charge >= 0.3 is 12.4 Å². The highest BCUT2D eigenvalue weighted by atomic mass is 19.4. The maximum Gasteiger partial charge on any atom is 0.417 e. The molecule has 13 rings (SSSR count). The molecule has 0 amide bonds. The second kappa shape index (κ2) is 15.4. The number of pyridine rings is 1. The van der Waals surface area contributed by atoms with E-state index in [4.69, 9.17) is 0 Å². The number of halogens is 6. The second-order valence-electron chi connectivity index (χ2n) is 19.6. The van der Waals surface area contributed by atoms with Gasteiger partial charge in [-0.15, -0.1) is 0 Å². The fourth-order valence-corrected chi connectivity index (χ4v) is 12.9. The van der Waals surface area contributed by atoms with Crippen LogP contribution in [0.4, 0.5) is 32.0 Å². The van der Waals surface area contributed by atoms with Gasteiger partial charge in [0.15, 0.2) is 0 Å². The Hall–Kier alpha value is -7.13.